The van der Waals surface area contributed by atoms with Gasteiger partial charge in [0.15, 0.2) is 6.29 Å². The van der Waals surface area contributed by atoms with E-state index in [1.54, 1.807) is 14.2 Å². The van der Waals surface area contributed by atoms with Crippen molar-refractivity contribution in [2.45, 2.75) is 44.2 Å². The molecule has 0 bridgehead atoms. The quantitative estimate of drug-likeness (QED) is 0.319. The Balaban J connectivity index is 2.06. The van der Waals surface area contributed by atoms with Crippen molar-refractivity contribution < 1.29 is 38.3 Å². The maximum absolute atomic E-state index is 9.56. The molecule has 1 N–H and O–H groups in total. The van der Waals surface area contributed by atoms with Crippen LogP contribution in [0, 0.1) is 0 Å². The predicted molar refractivity (Wildman–Crippen MR) is 90.4 cm³/mol. The molecule has 0 aromatic heterocycles. The molecule has 3 atom stereocenters. The minimum atomic E-state index is -0.515. The van der Waals surface area contributed by atoms with Gasteiger partial charge >= 0.3 is 0 Å². The molecule has 1 aliphatic heterocycles. The average Bonchev–Trinajstić information content (AvgIpc) is 2.63. The zero-order valence-electron chi connectivity index (χ0n) is 15.5. The van der Waals surface area contributed by atoms with Crippen LogP contribution in [-0.4, -0.2) is 90.9 Å². The Morgan fingerprint density at radius 2 is 1.80 bits per heavy atom. The summed E-state index contributed by atoms with van der Waals surface area (Å²) in [7, 11) is 3.12. The van der Waals surface area contributed by atoms with Gasteiger partial charge in [0.2, 0.25) is 0 Å². The Labute approximate surface area is 150 Å². The van der Waals surface area contributed by atoms with Crippen molar-refractivity contribution in [2.24, 2.45) is 0 Å². The molecule has 0 spiro atoms. The fourth-order valence-electron chi connectivity index (χ4n) is 2.31. The second-order valence-electron chi connectivity index (χ2n) is 5.91. The SMILES string of the molecule is COCOC(COCCOC1CCCCO1)COCCC(O)COC. The molecule has 0 amide bonds. The standard InChI is InChI=1S/C17H34O8/c1-19-11-15(18)6-8-21-12-16(25-14-20-2)13-22-9-10-24-17-5-3-4-7-23-17/h15-18H,3-14H2,1-2H3. The van der Waals surface area contributed by atoms with Crippen molar-refractivity contribution in [1.82, 2.24) is 0 Å². The van der Waals surface area contributed by atoms with E-state index in [9.17, 15) is 5.11 Å². The van der Waals surface area contributed by atoms with Crippen LogP contribution in [0.4, 0.5) is 0 Å². The zero-order valence-corrected chi connectivity index (χ0v) is 15.5. The summed E-state index contributed by atoms with van der Waals surface area (Å²) in [6.07, 6.45) is 2.87. The summed E-state index contributed by atoms with van der Waals surface area (Å²) in [5, 5.41) is 9.56. The van der Waals surface area contributed by atoms with Crippen molar-refractivity contribution >= 4 is 0 Å². The van der Waals surface area contributed by atoms with Crippen molar-refractivity contribution in [3.63, 3.8) is 0 Å². The van der Waals surface area contributed by atoms with Crippen molar-refractivity contribution in [1.29, 1.82) is 0 Å². The zero-order chi connectivity index (χ0) is 18.2. The van der Waals surface area contributed by atoms with Gasteiger partial charge in [-0.3, -0.25) is 0 Å². The third-order valence-electron chi connectivity index (χ3n) is 3.65. The second kappa shape index (κ2) is 15.9. The van der Waals surface area contributed by atoms with Gasteiger partial charge in [0.25, 0.3) is 0 Å². The van der Waals surface area contributed by atoms with Crippen molar-refractivity contribution in [3.8, 4) is 0 Å². The average molecular weight is 366 g/mol. The first-order valence-corrected chi connectivity index (χ1v) is 8.92. The molecular formula is C17H34O8. The van der Waals surface area contributed by atoms with Crippen LogP contribution >= 0.6 is 0 Å². The van der Waals surface area contributed by atoms with Gasteiger partial charge in [-0.1, -0.05) is 0 Å². The molecule has 150 valence electrons. The Morgan fingerprint density at radius 3 is 2.48 bits per heavy atom. The molecule has 0 saturated carbocycles. The van der Waals surface area contributed by atoms with E-state index in [-0.39, 0.29) is 19.2 Å². The van der Waals surface area contributed by atoms with E-state index in [0.717, 1.165) is 25.9 Å². The monoisotopic (exact) mass is 366 g/mol. The Bertz CT molecular complexity index is 286. The predicted octanol–water partition coefficient (Wildman–Crippen LogP) is 0.949. The number of ether oxygens (including phenoxy) is 7. The van der Waals surface area contributed by atoms with Gasteiger partial charge in [0.1, 0.15) is 12.9 Å². The summed E-state index contributed by atoms with van der Waals surface area (Å²) >= 11 is 0. The van der Waals surface area contributed by atoms with Gasteiger partial charge in [0, 0.05) is 27.4 Å². The lowest BCUT2D eigenvalue weighted by atomic mass is 10.2. The highest BCUT2D eigenvalue weighted by atomic mass is 16.7. The fraction of sp³-hybridized carbons (Fsp3) is 1.00. The van der Waals surface area contributed by atoms with Crippen LogP contribution < -0.4 is 0 Å². The number of rotatable bonds is 16. The van der Waals surface area contributed by atoms with Crippen molar-refractivity contribution in [3.05, 3.63) is 0 Å². The van der Waals surface area contributed by atoms with E-state index in [0.29, 0.717) is 46.1 Å². The molecule has 1 heterocycles. The summed E-state index contributed by atoms with van der Waals surface area (Å²) in [4.78, 5) is 0. The van der Waals surface area contributed by atoms with E-state index in [4.69, 9.17) is 33.2 Å². The van der Waals surface area contributed by atoms with Crippen LogP contribution in [-0.2, 0) is 33.2 Å². The summed E-state index contributed by atoms with van der Waals surface area (Å²) in [5.41, 5.74) is 0. The highest BCUT2D eigenvalue weighted by Gasteiger charge is 2.14. The van der Waals surface area contributed by atoms with Crippen LogP contribution in [0.25, 0.3) is 0 Å². The van der Waals surface area contributed by atoms with E-state index >= 15 is 0 Å². The normalized spacial score (nSPS) is 20.5. The van der Waals surface area contributed by atoms with Gasteiger partial charge in [-0.05, 0) is 25.7 Å². The van der Waals surface area contributed by atoms with Gasteiger partial charge in [-0.15, -0.1) is 0 Å². The number of aliphatic hydroxyl groups excluding tert-OH is 1. The van der Waals surface area contributed by atoms with Gasteiger partial charge in [0.05, 0.1) is 39.1 Å². The molecule has 0 aromatic rings. The molecule has 8 nitrogen and oxygen atoms in total. The number of hydrogen-bond acceptors (Lipinski definition) is 8. The largest absolute Gasteiger partial charge is 0.391 e. The first-order chi connectivity index (χ1) is 12.3. The second-order valence-corrected chi connectivity index (χ2v) is 5.91. The molecule has 3 unspecified atom stereocenters. The number of methoxy groups -OCH3 is 2. The minimum Gasteiger partial charge on any atom is -0.391 e. The van der Waals surface area contributed by atoms with Gasteiger partial charge in [-0.25, -0.2) is 0 Å². The minimum absolute atomic E-state index is 0.0975. The van der Waals surface area contributed by atoms with E-state index in [1.807, 2.05) is 0 Å². The fourth-order valence-corrected chi connectivity index (χ4v) is 2.31. The Hall–Kier alpha value is -0.320. The highest BCUT2D eigenvalue weighted by Crippen LogP contribution is 2.13. The molecular weight excluding hydrogens is 332 g/mol. The third kappa shape index (κ3) is 12.6. The summed E-state index contributed by atoms with van der Waals surface area (Å²) < 4.78 is 37.5. The van der Waals surface area contributed by atoms with Crippen molar-refractivity contribution in [2.75, 3.05) is 67.3 Å². The lowest BCUT2D eigenvalue weighted by Crippen LogP contribution is -2.29. The first kappa shape index (κ1) is 22.7. The van der Waals surface area contributed by atoms with E-state index in [1.165, 1.54) is 0 Å². The van der Waals surface area contributed by atoms with Crippen LogP contribution in [0.3, 0.4) is 0 Å². The molecule has 0 aliphatic carbocycles. The highest BCUT2D eigenvalue weighted by molar-refractivity contribution is 4.57. The van der Waals surface area contributed by atoms with Crippen LogP contribution in [0.1, 0.15) is 25.7 Å². The Kier molecular flexibility index (Phi) is 14.4. The van der Waals surface area contributed by atoms with Crippen LogP contribution in [0.15, 0.2) is 0 Å². The molecule has 0 aromatic carbocycles. The summed E-state index contributed by atoms with van der Waals surface area (Å²) in [6.45, 7) is 3.41. The molecule has 0 radical (unpaired) electrons. The molecule has 1 rings (SSSR count). The lowest BCUT2D eigenvalue weighted by Gasteiger charge is -2.23. The molecule has 8 heteroatoms. The summed E-state index contributed by atoms with van der Waals surface area (Å²) in [6, 6.07) is 0. The van der Waals surface area contributed by atoms with Crippen LogP contribution in [0.2, 0.25) is 0 Å². The maximum atomic E-state index is 9.56. The Morgan fingerprint density at radius 1 is 1.00 bits per heavy atom. The third-order valence-corrected chi connectivity index (χ3v) is 3.65. The molecule has 1 aliphatic rings. The molecule has 1 fully saturated rings. The lowest BCUT2D eigenvalue weighted by molar-refractivity contribution is -0.173. The topological polar surface area (TPSA) is 84.8 Å². The van der Waals surface area contributed by atoms with Gasteiger partial charge < -0.3 is 38.3 Å². The number of hydrogen-bond donors (Lipinski definition) is 1. The smallest absolute Gasteiger partial charge is 0.157 e. The maximum Gasteiger partial charge on any atom is 0.157 e. The first-order valence-electron chi connectivity index (χ1n) is 8.92. The molecule has 1 saturated heterocycles. The van der Waals surface area contributed by atoms with Gasteiger partial charge in [-0.2, -0.15) is 0 Å². The van der Waals surface area contributed by atoms with Crippen LogP contribution in [0.5, 0.6) is 0 Å². The molecule has 25 heavy (non-hydrogen) atoms. The summed E-state index contributed by atoms with van der Waals surface area (Å²) in [5.74, 6) is 0. The van der Waals surface area contributed by atoms with E-state index in [2.05, 4.69) is 0 Å². The van der Waals surface area contributed by atoms with E-state index < -0.39 is 6.10 Å². The number of aliphatic hydroxyl groups is 1.